The first-order valence-electron chi connectivity index (χ1n) is 6.29. The van der Waals surface area contributed by atoms with Gasteiger partial charge in [0.25, 0.3) is 0 Å². The molecule has 0 bridgehead atoms. The topological polar surface area (TPSA) is 39.1 Å². The summed E-state index contributed by atoms with van der Waals surface area (Å²) in [5.74, 6) is 0.699. The van der Waals surface area contributed by atoms with Gasteiger partial charge in [0, 0.05) is 13.1 Å². The summed E-state index contributed by atoms with van der Waals surface area (Å²) >= 11 is 6.20. The number of imidazole rings is 1. The van der Waals surface area contributed by atoms with E-state index in [0.29, 0.717) is 17.4 Å². The van der Waals surface area contributed by atoms with Crippen LogP contribution >= 0.6 is 11.6 Å². The van der Waals surface area contributed by atoms with E-state index in [4.69, 9.17) is 16.3 Å². The standard InChI is InChI=1S/C14H18ClN3O/c1-3-18-10-17-8-12(18)9-19-14-5-4-11(7-16-2)6-13(14)15/h4-6,8,10,16H,3,7,9H2,1-2H3. The van der Waals surface area contributed by atoms with Crippen molar-refractivity contribution in [2.45, 2.75) is 26.6 Å². The van der Waals surface area contributed by atoms with E-state index in [1.165, 1.54) is 0 Å². The molecule has 0 fully saturated rings. The van der Waals surface area contributed by atoms with E-state index in [1.54, 1.807) is 6.33 Å². The minimum absolute atomic E-state index is 0.471. The molecule has 1 N–H and O–H groups in total. The van der Waals surface area contributed by atoms with Gasteiger partial charge in [0.05, 0.1) is 23.2 Å². The van der Waals surface area contributed by atoms with E-state index in [2.05, 4.69) is 17.2 Å². The van der Waals surface area contributed by atoms with Crippen LogP contribution < -0.4 is 10.1 Å². The zero-order valence-corrected chi connectivity index (χ0v) is 11.9. The molecule has 0 saturated heterocycles. The Kier molecular flexibility index (Phi) is 4.82. The molecule has 0 aliphatic rings. The van der Waals surface area contributed by atoms with E-state index in [1.807, 2.05) is 36.0 Å². The lowest BCUT2D eigenvalue weighted by Gasteiger charge is -2.10. The maximum absolute atomic E-state index is 6.20. The van der Waals surface area contributed by atoms with Gasteiger partial charge in [-0.1, -0.05) is 17.7 Å². The highest BCUT2D eigenvalue weighted by Crippen LogP contribution is 2.26. The van der Waals surface area contributed by atoms with Crippen molar-refractivity contribution in [3.8, 4) is 5.75 Å². The van der Waals surface area contributed by atoms with Crippen molar-refractivity contribution < 1.29 is 4.74 Å². The monoisotopic (exact) mass is 279 g/mol. The van der Waals surface area contributed by atoms with Crippen LogP contribution in [0.2, 0.25) is 5.02 Å². The van der Waals surface area contributed by atoms with Gasteiger partial charge in [-0.05, 0) is 31.7 Å². The van der Waals surface area contributed by atoms with Crippen LogP contribution in [-0.2, 0) is 19.7 Å². The minimum Gasteiger partial charge on any atom is -0.486 e. The third-order valence-corrected chi connectivity index (χ3v) is 3.19. The number of nitrogens with one attached hydrogen (secondary N) is 1. The number of aromatic nitrogens is 2. The number of hydrogen-bond donors (Lipinski definition) is 1. The molecular weight excluding hydrogens is 262 g/mol. The largest absolute Gasteiger partial charge is 0.486 e. The first-order chi connectivity index (χ1) is 9.24. The van der Waals surface area contributed by atoms with Crippen molar-refractivity contribution in [1.82, 2.24) is 14.9 Å². The number of hydrogen-bond acceptors (Lipinski definition) is 3. The SMILES string of the molecule is CCn1cncc1COc1ccc(CNC)cc1Cl. The lowest BCUT2D eigenvalue weighted by molar-refractivity contribution is 0.295. The second-order valence-electron chi connectivity index (χ2n) is 4.25. The molecule has 0 saturated carbocycles. The van der Waals surface area contributed by atoms with Gasteiger partial charge >= 0.3 is 0 Å². The average molecular weight is 280 g/mol. The Balaban J connectivity index is 2.03. The molecular formula is C14H18ClN3O. The van der Waals surface area contributed by atoms with Gasteiger partial charge in [0.1, 0.15) is 12.4 Å². The highest BCUT2D eigenvalue weighted by molar-refractivity contribution is 6.32. The molecule has 5 heteroatoms. The molecule has 0 atom stereocenters. The van der Waals surface area contributed by atoms with Crippen LogP contribution in [0, 0.1) is 0 Å². The average Bonchev–Trinajstić information content (AvgIpc) is 2.85. The Morgan fingerprint density at radius 1 is 1.42 bits per heavy atom. The summed E-state index contributed by atoms with van der Waals surface area (Å²) < 4.78 is 7.79. The number of nitrogens with zero attached hydrogens (tertiary/aromatic N) is 2. The summed E-state index contributed by atoms with van der Waals surface area (Å²) in [4.78, 5) is 4.11. The normalized spacial score (nSPS) is 10.7. The Hall–Kier alpha value is -1.52. The smallest absolute Gasteiger partial charge is 0.138 e. The van der Waals surface area contributed by atoms with Crippen molar-refractivity contribution in [3.05, 3.63) is 47.0 Å². The van der Waals surface area contributed by atoms with E-state index >= 15 is 0 Å². The summed E-state index contributed by atoms with van der Waals surface area (Å²) in [6.45, 7) is 4.22. The number of rotatable bonds is 6. The molecule has 0 amide bonds. The van der Waals surface area contributed by atoms with Crippen molar-refractivity contribution >= 4 is 11.6 Å². The minimum atomic E-state index is 0.471. The number of aryl methyl sites for hydroxylation is 1. The van der Waals surface area contributed by atoms with E-state index in [0.717, 1.165) is 24.3 Å². The fraction of sp³-hybridized carbons (Fsp3) is 0.357. The van der Waals surface area contributed by atoms with Crippen LogP contribution in [0.1, 0.15) is 18.2 Å². The molecule has 0 aliphatic carbocycles. The maximum atomic E-state index is 6.20. The van der Waals surface area contributed by atoms with Gasteiger partial charge in [0.2, 0.25) is 0 Å². The molecule has 0 unspecified atom stereocenters. The van der Waals surface area contributed by atoms with Gasteiger partial charge in [-0.3, -0.25) is 0 Å². The highest BCUT2D eigenvalue weighted by atomic mass is 35.5. The zero-order chi connectivity index (χ0) is 13.7. The van der Waals surface area contributed by atoms with Crippen LogP contribution in [0.15, 0.2) is 30.7 Å². The third-order valence-electron chi connectivity index (χ3n) is 2.89. The highest BCUT2D eigenvalue weighted by Gasteiger charge is 2.05. The van der Waals surface area contributed by atoms with Crippen LogP contribution in [0.3, 0.4) is 0 Å². The Morgan fingerprint density at radius 3 is 2.95 bits per heavy atom. The molecule has 1 aromatic carbocycles. The molecule has 1 heterocycles. The lowest BCUT2D eigenvalue weighted by atomic mass is 10.2. The van der Waals surface area contributed by atoms with Crippen LogP contribution in [0.5, 0.6) is 5.75 Å². The maximum Gasteiger partial charge on any atom is 0.138 e. The summed E-state index contributed by atoms with van der Waals surface area (Å²) in [6.07, 6.45) is 3.61. The van der Waals surface area contributed by atoms with E-state index in [9.17, 15) is 0 Å². The third kappa shape index (κ3) is 3.49. The van der Waals surface area contributed by atoms with Crippen molar-refractivity contribution in [2.24, 2.45) is 0 Å². The molecule has 2 rings (SSSR count). The van der Waals surface area contributed by atoms with Gasteiger partial charge in [-0.25, -0.2) is 4.98 Å². The Bertz CT molecular complexity index is 539. The van der Waals surface area contributed by atoms with Crippen LogP contribution in [0.25, 0.3) is 0 Å². The molecule has 102 valence electrons. The Morgan fingerprint density at radius 2 is 2.26 bits per heavy atom. The molecule has 0 radical (unpaired) electrons. The number of ether oxygens (including phenoxy) is 1. The van der Waals surface area contributed by atoms with E-state index < -0.39 is 0 Å². The number of benzene rings is 1. The quantitative estimate of drug-likeness (QED) is 0.884. The second kappa shape index (κ2) is 6.59. The second-order valence-corrected chi connectivity index (χ2v) is 4.66. The molecule has 19 heavy (non-hydrogen) atoms. The summed E-state index contributed by atoms with van der Waals surface area (Å²) in [5, 5.41) is 3.72. The fourth-order valence-electron chi connectivity index (χ4n) is 1.88. The van der Waals surface area contributed by atoms with Gasteiger partial charge in [0.15, 0.2) is 0 Å². The molecule has 2 aromatic rings. The van der Waals surface area contributed by atoms with Crippen LogP contribution in [0.4, 0.5) is 0 Å². The zero-order valence-electron chi connectivity index (χ0n) is 11.2. The predicted octanol–water partition coefficient (Wildman–Crippen LogP) is 2.85. The molecule has 0 spiro atoms. The Labute approximate surface area is 118 Å². The summed E-state index contributed by atoms with van der Waals surface area (Å²) in [7, 11) is 1.91. The molecule has 4 nitrogen and oxygen atoms in total. The van der Waals surface area contributed by atoms with Crippen molar-refractivity contribution in [2.75, 3.05) is 7.05 Å². The summed E-state index contributed by atoms with van der Waals surface area (Å²) in [6, 6.07) is 5.83. The van der Waals surface area contributed by atoms with Gasteiger partial charge in [-0.2, -0.15) is 0 Å². The van der Waals surface area contributed by atoms with Gasteiger partial charge < -0.3 is 14.6 Å². The number of halogens is 1. The predicted molar refractivity (Wildman–Crippen MR) is 76.4 cm³/mol. The van der Waals surface area contributed by atoms with Crippen molar-refractivity contribution in [3.63, 3.8) is 0 Å². The van der Waals surface area contributed by atoms with Crippen molar-refractivity contribution in [1.29, 1.82) is 0 Å². The lowest BCUT2D eigenvalue weighted by Crippen LogP contribution is -2.06. The van der Waals surface area contributed by atoms with Gasteiger partial charge in [-0.15, -0.1) is 0 Å². The first-order valence-corrected chi connectivity index (χ1v) is 6.67. The molecule has 1 aromatic heterocycles. The molecule has 0 aliphatic heterocycles. The van der Waals surface area contributed by atoms with Crippen LogP contribution in [-0.4, -0.2) is 16.6 Å². The first kappa shape index (κ1) is 13.9. The summed E-state index contributed by atoms with van der Waals surface area (Å²) in [5.41, 5.74) is 2.18. The fourth-order valence-corrected chi connectivity index (χ4v) is 2.14. The van der Waals surface area contributed by atoms with E-state index in [-0.39, 0.29) is 0 Å².